The molecule has 0 radical (unpaired) electrons. The zero-order valence-corrected chi connectivity index (χ0v) is 16.7. The third kappa shape index (κ3) is 6.60. The predicted octanol–water partition coefficient (Wildman–Crippen LogP) is 1.99. The Morgan fingerprint density at radius 2 is 1.80 bits per heavy atom. The van der Waals surface area contributed by atoms with Gasteiger partial charge in [0.2, 0.25) is 11.8 Å². The van der Waals surface area contributed by atoms with Gasteiger partial charge in [-0.25, -0.2) is 0 Å². The number of rotatable bonds is 7. The highest BCUT2D eigenvalue weighted by Gasteiger charge is 2.34. The first-order valence-electron chi connectivity index (χ1n) is 10.1. The second kappa shape index (κ2) is 10.1. The molecule has 1 aromatic carbocycles. The molecule has 10 heteroatoms. The molecule has 1 unspecified atom stereocenters. The van der Waals surface area contributed by atoms with Crippen molar-refractivity contribution in [3.8, 4) is 0 Å². The van der Waals surface area contributed by atoms with Crippen molar-refractivity contribution >= 4 is 23.2 Å². The van der Waals surface area contributed by atoms with Crippen LogP contribution in [0, 0.1) is 0 Å². The number of nitrogens with zero attached hydrogens (tertiary/aromatic N) is 2. The highest BCUT2D eigenvalue weighted by molar-refractivity contribution is 5.91. The van der Waals surface area contributed by atoms with Gasteiger partial charge >= 0.3 is 6.18 Å². The van der Waals surface area contributed by atoms with Crippen molar-refractivity contribution in [2.45, 2.75) is 31.5 Å². The van der Waals surface area contributed by atoms with Gasteiger partial charge in [0.05, 0.1) is 19.3 Å². The van der Waals surface area contributed by atoms with E-state index in [2.05, 4.69) is 10.2 Å². The smallest absolute Gasteiger partial charge is 0.378 e. The van der Waals surface area contributed by atoms with Crippen LogP contribution in [-0.4, -0.2) is 74.9 Å². The molecule has 1 aromatic rings. The van der Waals surface area contributed by atoms with Crippen LogP contribution in [0.5, 0.6) is 0 Å². The van der Waals surface area contributed by atoms with E-state index in [-0.39, 0.29) is 12.3 Å². The fourth-order valence-electron chi connectivity index (χ4n) is 3.74. The Morgan fingerprint density at radius 1 is 1.10 bits per heavy atom. The number of carbonyl (C=O) groups excluding carboxylic acids is 2. The van der Waals surface area contributed by atoms with Gasteiger partial charge in [0.25, 0.3) is 0 Å². The molecule has 2 N–H and O–H groups in total. The molecule has 2 aliphatic heterocycles. The second-order valence-electron chi connectivity index (χ2n) is 7.47. The first-order chi connectivity index (χ1) is 14.3. The van der Waals surface area contributed by atoms with E-state index in [1.807, 2.05) is 29.6 Å². The second-order valence-corrected chi connectivity index (χ2v) is 7.47. The number of amides is 2. The van der Waals surface area contributed by atoms with E-state index >= 15 is 0 Å². The maximum absolute atomic E-state index is 12.3. The lowest BCUT2D eigenvalue weighted by Crippen LogP contribution is -2.46. The summed E-state index contributed by atoms with van der Waals surface area (Å²) in [6, 6.07) is 6.95. The van der Waals surface area contributed by atoms with Crippen LogP contribution in [0.25, 0.3) is 0 Å². The molecule has 0 bridgehead atoms. The minimum absolute atomic E-state index is 0.161. The van der Waals surface area contributed by atoms with Crippen LogP contribution in [0.1, 0.15) is 19.3 Å². The molecule has 0 aromatic heterocycles. The number of anilines is 2. The lowest BCUT2D eigenvalue weighted by Gasteiger charge is -2.28. The third-order valence-electron chi connectivity index (χ3n) is 5.28. The van der Waals surface area contributed by atoms with E-state index in [4.69, 9.17) is 4.74 Å². The van der Waals surface area contributed by atoms with Gasteiger partial charge in [0, 0.05) is 37.4 Å². The van der Waals surface area contributed by atoms with Gasteiger partial charge in [-0.05, 0) is 43.7 Å². The molecule has 0 saturated carbocycles. The van der Waals surface area contributed by atoms with E-state index in [1.54, 1.807) is 4.90 Å². The average molecular weight is 428 g/mol. The van der Waals surface area contributed by atoms with E-state index in [0.29, 0.717) is 44.8 Å². The number of halogens is 3. The first kappa shape index (κ1) is 22.4. The number of ether oxygens (including phenoxy) is 1. The molecule has 1 atom stereocenters. The van der Waals surface area contributed by atoms with Crippen LogP contribution in [0.2, 0.25) is 0 Å². The van der Waals surface area contributed by atoms with Crippen molar-refractivity contribution in [1.82, 2.24) is 10.2 Å². The molecule has 30 heavy (non-hydrogen) atoms. The van der Waals surface area contributed by atoms with Gasteiger partial charge in [-0.15, -0.1) is 0 Å². The lowest BCUT2D eigenvalue weighted by molar-refractivity contribution is -0.141. The number of morpholine rings is 1. The number of nitrogens with one attached hydrogen (secondary N) is 2. The average Bonchev–Trinajstić information content (AvgIpc) is 3.20. The minimum Gasteiger partial charge on any atom is -0.378 e. The molecular formula is C20H27F3N4O3. The Labute approximate surface area is 173 Å². The fraction of sp³-hybridized carbons (Fsp3) is 0.600. The lowest BCUT2D eigenvalue weighted by atomic mass is 10.2. The highest BCUT2D eigenvalue weighted by Crippen LogP contribution is 2.21. The van der Waals surface area contributed by atoms with E-state index in [0.717, 1.165) is 18.8 Å². The van der Waals surface area contributed by atoms with Crippen LogP contribution in [0.15, 0.2) is 24.3 Å². The molecule has 7 nitrogen and oxygen atoms in total. The number of hydrogen-bond donors (Lipinski definition) is 2. The van der Waals surface area contributed by atoms with E-state index in [1.165, 1.54) is 0 Å². The molecule has 2 amide bonds. The number of alkyl halides is 3. The van der Waals surface area contributed by atoms with Crippen molar-refractivity contribution < 1.29 is 27.5 Å². The highest BCUT2D eigenvalue weighted by atomic mass is 19.4. The molecule has 2 aliphatic rings. The maximum atomic E-state index is 12.3. The normalized spacial score (nSPS) is 20.2. The zero-order valence-electron chi connectivity index (χ0n) is 16.7. The van der Waals surface area contributed by atoms with Gasteiger partial charge in [-0.3, -0.25) is 14.5 Å². The van der Waals surface area contributed by atoms with Crippen molar-refractivity contribution in [2.24, 2.45) is 0 Å². The standard InChI is InChI=1S/C20H27F3N4O3/c21-20(22,23)14-24-19(29)17-2-1-8-27(17)9-7-18(28)25-15-3-5-16(6-4-15)26-10-12-30-13-11-26/h3-6,17H,1-2,7-14H2,(H,24,29)(H,25,28). The number of carbonyl (C=O) groups is 2. The van der Waals surface area contributed by atoms with Gasteiger partial charge in [-0.2, -0.15) is 13.2 Å². The molecule has 0 spiro atoms. The predicted molar refractivity (Wildman–Crippen MR) is 106 cm³/mol. The SMILES string of the molecule is O=C(CCN1CCCC1C(=O)NCC(F)(F)F)Nc1ccc(N2CCOCC2)cc1. The Hall–Kier alpha value is -2.33. The first-order valence-corrected chi connectivity index (χ1v) is 10.1. The number of hydrogen-bond acceptors (Lipinski definition) is 5. The summed E-state index contributed by atoms with van der Waals surface area (Å²) >= 11 is 0. The fourth-order valence-corrected chi connectivity index (χ4v) is 3.74. The summed E-state index contributed by atoms with van der Waals surface area (Å²) in [6.45, 7) is 2.64. The van der Waals surface area contributed by atoms with Crippen molar-refractivity contribution in [3.63, 3.8) is 0 Å². The molecular weight excluding hydrogens is 401 g/mol. The quantitative estimate of drug-likeness (QED) is 0.695. The third-order valence-corrected chi connectivity index (χ3v) is 5.28. The largest absolute Gasteiger partial charge is 0.405 e. The molecule has 2 fully saturated rings. The van der Waals surface area contributed by atoms with Crippen molar-refractivity contribution in [2.75, 3.05) is 56.2 Å². The van der Waals surface area contributed by atoms with Crippen LogP contribution in [0.3, 0.4) is 0 Å². The van der Waals surface area contributed by atoms with Gasteiger partial charge in [0.1, 0.15) is 6.54 Å². The van der Waals surface area contributed by atoms with Gasteiger partial charge in [0.15, 0.2) is 0 Å². The van der Waals surface area contributed by atoms with Crippen molar-refractivity contribution in [3.05, 3.63) is 24.3 Å². The van der Waals surface area contributed by atoms with Gasteiger partial charge in [-0.1, -0.05) is 0 Å². The molecule has 2 saturated heterocycles. The summed E-state index contributed by atoms with van der Waals surface area (Å²) in [5.74, 6) is -0.834. The molecule has 0 aliphatic carbocycles. The topological polar surface area (TPSA) is 73.9 Å². The molecule has 166 valence electrons. The Bertz CT molecular complexity index is 721. The Kier molecular flexibility index (Phi) is 7.54. The summed E-state index contributed by atoms with van der Waals surface area (Å²) < 4.78 is 42.2. The van der Waals surface area contributed by atoms with Crippen LogP contribution in [-0.2, 0) is 14.3 Å². The maximum Gasteiger partial charge on any atom is 0.405 e. The van der Waals surface area contributed by atoms with Gasteiger partial charge < -0.3 is 20.3 Å². The van der Waals surface area contributed by atoms with E-state index < -0.39 is 24.7 Å². The van der Waals surface area contributed by atoms with Crippen LogP contribution >= 0.6 is 0 Å². The molecule has 3 rings (SSSR count). The molecule has 2 heterocycles. The zero-order chi connectivity index (χ0) is 21.6. The van der Waals surface area contributed by atoms with Crippen molar-refractivity contribution in [1.29, 1.82) is 0 Å². The van der Waals surface area contributed by atoms with Crippen LogP contribution < -0.4 is 15.5 Å². The number of benzene rings is 1. The monoisotopic (exact) mass is 428 g/mol. The summed E-state index contributed by atoms with van der Waals surface area (Å²) in [4.78, 5) is 28.3. The van der Waals surface area contributed by atoms with Crippen LogP contribution in [0.4, 0.5) is 24.5 Å². The Balaban J connectivity index is 1.44. The summed E-state index contributed by atoms with van der Waals surface area (Å²) in [5, 5.41) is 4.76. The summed E-state index contributed by atoms with van der Waals surface area (Å²) in [7, 11) is 0. The Morgan fingerprint density at radius 3 is 2.47 bits per heavy atom. The summed E-state index contributed by atoms with van der Waals surface area (Å²) in [5.41, 5.74) is 1.75. The minimum atomic E-state index is -4.43. The number of likely N-dealkylation sites (tertiary alicyclic amines) is 1. The summed E-state index contributed by atoms with van der Waals surface area (Å²) in [6.07, 6.45) is -3.06. The van der Waals surface area contributed by atoms with E-state index in [9.17, 15) is 22.8 Å².